The lowest BCUT2D eigenvalue weighted by Crippen LogP contribution is -2.34. The van der Waals surface area contributed by atoms with Gasteiger partial charge in [0.25, 0.3) is 5.91 Å². The zero-order valence-electron chi connectivity index (χ0n) is 11.5. The first-order valence-electron chi connectivity index (χ1n) is 6.17. The average molecular weight is 250 g/mol. The number of amides is 1. The predicted octanol–water partition coefficient (Wildman–Crippen LogP) is 1.92. The summed E-state index contributed by atoms with van der Waals surface area (Å²) in [6.45, 7) is 8.29. The Morgan fingerprint density at radius 2 is 2.17 bits per heavy atom. The molecule has 0 aliphatic carbocycles. The van der Waals surface area contributed by atoms with Gasteiger partial charge in [-0.1, -0.05) is 20.8 Å². The monoisotopic (exact) mass is 250 g/mol. The van der Waals surface area contributed by atoms with Gasteiger partial charge >= 0.3 is 0 Å². The van der Waals surface area contributed by atoms with Crippen molar-refractivity contribution in [2.75, 3.05) is 6.54 Å². The minimum Gasteiger partial charge on any atom is -0.391 e. The highest BCUT2D eigenvalue weighted by atomic mass is 16.3. The van der Waals surface area contributed by atoms with Crippen LogP contribution in [0.2, 0.25) is 0 Å². The Balaban J connectivity index is 2.47. The van der Waals surface area contributed by atoms with Crippen molar-refractivity contribution < 1.29 is 9.90 Å². The number of aliphatic hydroxyl groups excluding tert-OH is 1. The molecule has 4 heteroatoms. The molecule has 0 aliphatic rings. The van der Waals surface area contributed by atoms with Crippen molar-refractivity contribution >= 4 is 5.91 Å². The highest BCUT2D eigenvalue weighted by Gasteiger charge is 2.17. The molecule has 2 N–H and O–H groups in total. The maximum atomic E-state index is 11.8. The number of nitrogens with zero attached hydrogens (tertiary/aromatic N) is 1. The van der Waals surface area contributed by atoms with Gasteiger partial charge in [-0.2, -0.15) is 0 Å². The lowest BCUT2D eigenvalue weighted by molar-refractivity contribution is 0.0868. The van der Waals surface area contributed by atoms with Gasteiger partial charge in [0.2, 0.25) is 0 Å². The third-order valence-electron chi connectivity index (χ3n) is 2.51. The number of pyridine rings is 1. The standard InChI is InChI=1S/C14H22N2O2/c1-10-7-11(5-6-15-10)13(18)16-9-12(17)8-14(2,3)4/h5-7,12,17H,8-9H2,1-4H3,(H,16,18). The van der Waals surface area contributed by atoms with E-state index < -0.39 is 6.10 Å². The minimum absolute atomic E-state index is 0.0530. The molecule has 0 aromatic carbocycles. The largest absolute Gasteiger partial charge is 0.391 e. The predicted molar refractivity (Wildman–Crippen MR) is 71.4 cm³/mol. The molecule has 0 spiro atoms. The van der Waals surface area contributed by atoms with Crippen LogP contribution in [0.3, 0.4) is 0 Å². The summed E-state index contributed by atoms with van der Waals surface area (Å²) in [5, 5.41) is 12.5. The first-order chi connectivity index (χ1) is 8.28. The first-order valence-corrected chi connectivity index (χ1v) is 6.17. The molecule has 0 saturated heterocycles. The average Bonchev–Trinajstić information content (AvgIpc) is 2.23. The van der Waals surface area contributed by atoms with Gasteiger partial charge in [-0.25, -0.2) is 0 Å². The summed E-state index contributed by atoms with van der Waals surface area (Å²) >= 11 is 0. The van der Waals surface area contributed by atoms with Gasteiger partial charge < -0.3 is 10.4 Å². The Morgan fingerprint density at radius 1 is 1.50 bits per heavy atom. The van der Waals surface area contributed by atoms with Gasteiger partial charge in [0, 0.05) is 24.0 Å². The van der Waals surface area contributed by atoms with Crippen molar-refractivity contribution in [1.29, 1.82) is 0 Å². The van der Waals surface area contributed by atoms with Gasteiger partial charge in [-0.15, -0.1) is 0 Å². The zero-order valence-corrected chi connectivity index (χ0v) is 11.5. The fraction of sp³-hybridized carbons (Fsp3) is 0.571. The van der Waals surface area contributed by atoms with Crippen LogP contribution in [0.15, 0.2) is 18.3 Å². The molecular formula is C14H22N2O2. The maximum absolute atomic E-state index is 11.8. The number of hydrogen-bond donors (Lipinski definition) is 2. The molecule has 1 heterocycles. The summed E-state index contributed by atoms with van der Waals surface area (Å²) in [4.78, 5) is 15.9. The molecule has 0 bridgehead atoms. The van der Waals surface area contributed by atoms with E-state index in [1.807, 2.05) is 6.92 Å². The number of nitrogens with one attached hydrogen (secondary N) is 1. The topological polar surface area (TPSA) is 62.2 Å². The molecule has 18 heavy (non-hydrogen) atoms. The number of rotatable bonds is 4. The van der Waals surface area contributed by atoms with Crippen molar-refractivity contribution in [2.24, 2.45) is 5.41 Å². The molecule has 0 saturated carbocycles. The van der Waals surface area contributed by atoms with Crippen LogP contribution in [0, 0.1) is 12.3 Å². The highest BCUT2D eigenvalue weighted by Crippen LogP contribution is 2.20. The summed E-state index contributed by atoms with van der Waals surface area (Å²) in [6.07, 6.45) is 1.75. The number of aromatic nitrogens is 1. The molecule has 4 nitrogen and oxygen atoms in total. The van der Waals surface area contributed by atoms with Crippen molar-refractivity contribution in [3.8, 4) is 0 Å². The van der Waals surface area contributed by atoms with Gasteiger partial charge in [0.1, 0.15) is 0 Å². The van der Waals surface area contributed by atoms with Crippen LogP contribution in [0.25, 0.3) is 0 Å². The van der Waals surface area contributed by atoms with Crippen LogP contribution in [-0.4, -0.2) is 28.6 Å². The van der Waals surface area contributed by atoms with Crippen LogP contribution in [0.4, 0.5) is 0 Å². The molecule has 1 unspecified atom stereocenters. The van der Waals surface area contributed by atoms with E-state index in [0.717, 1.165) is 5.69 Å². The third kappa shape index (κ3) is 5.27. The van der Waals surface area contributed by atoms with E-state index in [0.29, 0.717) is 12.0 Å². The molecule has 0 fully saturated rings. The van der Waals surface area contributed by atoms with Gasteiger partial charge in [0.15, 0.2) is 0 Å². The summed E-state index contributed by atoms with van der Waals surface area (Å²) in [7, 11) is 0. The summed E-state index contributed by atoms with van der Waals surface area (Å²) in [6, 6.07) is 3.39. The van der Waals surface area contributed by atoms with Crippen LogP contribution in [0.5, 0.6) is 0 Å². The number of aryl methyl sites for hydroxylation is 1. The molecule has 1 atom stereocenters. The Labute approximate surface area is 108 Å². The Kier molecular flexibility index (Phi) is 4.84. The maximum Gasteiger partial charge on any atom is 0.251 e. The number of carbonyl (C=O) groups is 1. The molecule has 1 aromatic rings. The lowest BCUT2D eigenvalue weighted by Gasteiger charge is -2.22. The van der Waals surface area contributed by atoms with E-state index in [1.54, 1.807) is 18.3 Å². The van der Waals surface area contributed by atoms with Crippen LogP contribution >= 0.6 is 0 Å². The van der Waals surface area contributed by atoms with Crippen molar-refractivity contribution in [3.63, 3.8) is 0 Å². The van der Waals surface area contributed by atoms with Crippen molar-refractivity contribution in [3.05, 3.63) is 29.6 Å². The Morgan fingerprint density at radius 3 is 2.72 bits per heavy atom. The first kappa shape index (κ1) is 14.6. The van der Waals surface area contributed by atoms with Gasteiger partial charge in [0.05, 0.1) is 6.10 Å². The van der Waals surface area contributed by atoms with E-state index in [2.05, 4.69) is 31.1 Å². The highest BCUT2D eigenvalue weighted by molar-refractivity contribution is 5.94. The normalized spacial score (nSPS) is 13.2. The van der Waals surface area contributed by atoms with Crippen LogP contribution in [0.1, 0.15) is 43.2 Å². The summed E-state index contributed by atoms with van der Waals surface area (Å²) in [5.41, 5.74) is 1.43. The molecule has 0 radical (unpaired) electrons. The molecule has 100 valence electrons. The molecular weight excluding hydrogens is 228 g/mol. The second-order valence-electron chi connectivity index (χ2n) is 5.81. The fourth-order valence-electron chi connectivity index (χ4n) is 1.78. The van der Waals surface area contributed by atoms with E-state index >= 15 is 0 Å². The quantitative estimate of drug-likeness (QED) is 0.858. The SMILES string of the molecule is Cc1cc(C(=O)NCC(O)CC(C)(C)C)ccn1. The molecule has 1 aromatic heterocycles. The van der Waals surface area contributed by atoms with Crippen LogP contribution in [-0.2, 0) is 0 Å². The van der Waals surface area contributed by atoms with E-state index in [9.17, 15) is 9.90 Å². The Bertz CT molecular complexity index is 411. The van der Waals surface area contributed by atoms with Gasteiger partial charge in [-0.3, -0.25) is 9.78 Å². The molecule has 1 rings (SSSR count). The van der Waals surface area contributed by atoms with Crippen molar-refractivity contribution in [1.82, 2.24) is 10.3 Å². The van der Waals surface area contributed by atoms with E-state index in [-0.39, 0.29) is 17.9 Å². The fourth-order valence-corrected chi connectivity index (χ4v) is 1.78. The number of aliphatic hydroxyl groups is 1. The second kappa shape index (κ2) is 5.96. The van der Waals surface area contributed by atoms with E-state index in [1.165, 1.54) is 0 Å². The smallest absolute Gasteiger partial charge is 0.251 e. The molecule has 1 amide bonds. The summed E-state index contributed by atoms with van der Waals surface area (Å²) < 4.78 is 0. The second-order valence-corrected chi connectivity index (χ2v) is 5.81. The Hall–Kier alpha value is -1.42. The molecule has 0 aliphatic heterocycles. The lowest BCUT2D eigenvalue weighted by atomic mass is 9.89. The zero-order chi connectivity index (χ0) is 13.8. The minimum atomic E-state index is -0.517. The summed E-state index contributed by atoms with van der Waals surface area (Å²) in [5.74, 6) is -0.173. The van der Waals surface area contributed by atoms with Gasteiger partial charge in [-0.05, 0) is 30.9 Å². The number of carbonyl (C=O) groups excluding carboxylic acids is 1. The third-order valence-corrected chi connectivity index (χ3v) is 2.51. The van der Waals surface area contributed by atoms with E-state index in [4.69, 9.17) is 0 Å². The van der Waals surface area contributed by atoms with Crippen LogP contribution < -0.4 is 5.32 Å². The van der Waals surface area contributed by atoms with Crippen molar-refractivity contribution in [2.45, 2.75) is 40.2 Å². The number of hydrogen-bond acceptors (Lipinski definition) is 3.